The molecule has 0 amide bonds. The van der Waals surface area contributed by atoms with E-state index in [-0.39, 0.29) is 17.7 Å². The molecular weight excluding hydrogens is 452 g/mol. The Labute approximate surface area is 213 Å². The second-order valence-electron chi connectivity index (χ2n) is 10.8. The summed E-state index contributed by atoms with van der Waals surface area (Å²) in [5.74, 6) is 0.905. The summed E-state index contributed by atoms with van der Waals surface area (Å²) in [6, 6.07) is 6.83. The van der Waals surface area contributed by atoms with E-state index in [0.717, 1.165) is 73.0 Å². The Kier molecular flexibility index (Phi) is 7.82. The summed E-state index contributed by atoms with van der Waals surface area (Å²) in [7, 11) is 0. The molecule has 0 unspecified atom stereocenters. The average Bonchev–Trinajstić information content (AvgIpc) is 3.55. The topological polar surface area (TPSA) is 88.9 Å². The van der Waals surface area contributed by atoms with Gasteiger partial charge in [0.15, 0.2) is 5.82 Å². The Morgan fingerprint density at radius 3 is 2.72 bits per heavy atom. The van der Waals surface area contributed by atoms with Crippen molar-refractivity contribution < 1.29 is 4.74 Å². The van der Waals surface area contributed by atoms with E-state index in [1.165, 1.54) is 24.8 Å². The van der Waals surface area contributed by atoms with Gasteiger partial charge in [-0.3, -0.25) is 9.69 Å². The van der Waals surface area contributed by atoms with Gasteiger partial charge in [-0.1, -0.05) is 38.7 Å². The Morgan fingerprint density at radius 1 is 1.14 bits per heavy atom. The predicted octanol–water partition coefficient (Wildman–Crippen LogP) is 4.99. The number of fused-ring (bicyclic) bond motifs is 1. The zero-order valence-electron chi connectivity index (χ0n) is 22.0. The van der Waals surface area contributed by atoms with Crippen molar-refractivity contribution in [1.82, 2.24) is 30.1 Å². The van der Waals surface area contributed by atoms with Gasteiger partial charge in [0.2, 0.25) is 0 Å². The van der Waals surface area contributed by atoms with E-state index < -0.39 is 0 Å². The molecule has 1 aliphatic heterocycles. The summed E-state index contributed by atoms with van der Waals surface area (Å²) in [5, 5.41) is 14.1. The summed E-state index contributed by atoms with van der Waals surface area (Å²) in [6.45, 7) is 8.51. The first kappa shape index (κ1) is 25.1. The van der Waals surface area contributed by atoms with Crippen molar-refractivity contribution in [3.63, 3.8) is 0 Å². The number of rotatable bonds is 9. The molecule has 5 rings (SSSR count). The Bertz CT molecular complexity index is 1220. The van der Waals surface area contributed by atoms with Crippen LogP contribution in [0.3, 0.4) is 0 Å². The van der Waals surface area contributed by atoms with Crippen molar-refractivity contribution in [1.29, 1.82) is 0 Å². The SMILES string of the molecule is CCC[C@H](c1nnnn1C[C@@H]1CCCO1)N(Cc1cc2c(C)cc(C)cc2[nH]c1=O)C1CCCCC1. The first-order valence-corrected chi connectivity index (χ1v) is 13.8. The number of benzene rings is 1. The Hall–Kier alpha value is -2.58. The molecule has 1 aliphatic carbocycles. The smallest absolute Gasteiger partial charge is 0.252 e. The van der Waals surface area contributed by atoms with E-state index in [0.29, 0.717) is 19.1 Å². The number of pyridine rings is 1. The van der Waals surface area contributed by atoms with Gasteiger partial charge in [0, 0.05) is 35.7 Å². The average molecular weight is 493 g/mol. The molecule has 36 heavy (non-hydrogen) atoms. The van der Waals surface area contributed by atoms with Crippen LogP contribution < -0.4 is 5.56 Å². The van der Waals surface area contributed by atoms with Crippen LogP contribution in [0.15, 0.2) is 23.0 Å². The van der Waals surface area contributed by atoms with Crippen LogP contribution >= 0.6 is 0 Å². The number of hydrogen-bond donors (Lipinski definition) is 1. The Balaban J connectivity index is 1.52. The van der Waals surface area contributed by atoms with Crippen molar-refractivity contribution in [2.75, 3.05) is 6.61 Å². The van der Waals surface area contributed by atoms with E-state index in [1.54, 1.807) is 0 Å². The number of nitrogens with zero attached hydrogens (tertiary/aromatic N) is 5. The van der Waals surface area contributed by atoms with E-state index in [2.05, 4.69) is 64.4 Å². The van der Waals surface area contributed by atoms with Gasteiger partial charge in [0.1, 0.15) is 0 Å². The van der Waals surface area contributed by atoms with Crippen LogP contribution in [0.4, 0.5) is 0 Å². The van der Waals surface area contributed by atoms with Crippen LogP contribution in [0.2, 0.25) is 0 Å². The first-order chi connectivity index (χ1) is 17.5. The van der Waals surface area contributed by atoms with Crippen molar-refractivity contribution in [2.24, 2.45) is 0 Å². The van der Waals surface area contributed by atoms with Crippen molar-refractivity contribution in [3.8, 4) is 0 Å². The van der Waals surface area contributed by atoms with Crippen LogP contribution in [0.25, 0.3) is 10.9 Å². The number of aromatic amines is 1. The number of aromatic nitrogens is 5. The molecule has 1 saturated carbocycles. The van der Waals surface area contributed by atoms with Gasteiger partial charge in [-0.25, -0.2) is 4.68 Å². The molecular formula is C28H40N6O2. The van der Waals surface area contributed by atoms with Gasteiger partial charge in [-0.15, -0.1) is 5.10 Å². The normalized spacial score (nSPS) is 19.9. The lowest BCUT2D eigenvalue weighted by Crippen LogP contribution is -2.41. The van der Waals surface area contributed by atoms with E-state index in [1.807, 2.05) is 4.68 Å². The molecule has 2 aliphatic rings. The molecule has 1 aromatic carbocycles. The zero-order valence-corrected chi connectivity index (χ0v) is 22.0. The largest absolute Gasteiger partial charge is 0.376 e. The summed E-state index contributed by atoms with van der Waals surface area (Å²) < 4.78 is 7.86. The lowest BCUT2D eigenvalue weighted by molar-refractivity contribution is 0.0713. The highest BCUT2D eigenvalue weighted by Crippen LogP contribution is 2.34. The number of aryl methyl sites for hydroxylation is 2. The van der Waals surface area contributed by atoms with Gasteiger partial charge in [-0.2, -0.15) is 0 Å². The third-order valence-electron chi connectivity index (χ3n) is 8.01. The lowest BCUT2D eigenvalue weighted by atomic mass is 9.91. The van der Waals surface area contributed by atoms with Crippen molar-refractivity contribution >= 4 is 10.9 Å². The first-order valence-electron chi connectivity index (χ1n) is 13.8. The number of nitrogens with one attached hydrogen (secondary N) is 1. The lowest BCUT2D eigenvalue weighted by Gasteiger charge is -2.39. The second-order valence-corrected chi connectivity index (χ2v) is 10.8. The third-order valence-corrected chi connectivity index (χ3v) is 8.01. The van der Waals surface area contributed by atoms with Gasteiger partial charge in [-0.05, 0) is 79.6 Å². The molecule has 0 spiro atoms. The molecule has 1 N–H and O–H groups in total. The predicted molar refractivity (Wildman–Crippen MR) is 141 cm³/mol. The summed E-state index contributed by atoms with van der Waals surface area (Å²) in [4.78, 5) is 19.0. The number of hydrogen-bond acceptors (Lipinski definition) is 6. The summed E-state index contributed by atoms with van der Waals surface area (Å²) in [5.41, 5.74) is 4.09. The van der Waals surface area contributed by atoms with Crippen LogP contribution in [-0.2, 0) is 17.8 Å². The summed E-state index contributed by atoms with van der Waals surface area (Å²) in [6.07, 6.45) is 10.3. The number of tetrazole rings is 1. The van der Waals surface area contributed by atoms with Crippen LogP contribution in [0, 0.1) is 13.8 Å². The molecule has 2 aromatic heterocycles. The van der Waals surface area contributed by atoms with Gasteiger partial charge in [0.05, 0.1) is 18.7 Å². The fourth-order valence-corrected chi connectivity index (χ4v) is 6.21. The maximum Gasteiger partial charge on any atom is 0.252 e. The molecule has 2 atom stereocenters. The number of H-pyrrole nitrogens is 1. The van der Waals surface area contributed by atoms with Crippen LogP contribution in [-0.4, -0.2) is 48.8 Å². The van der Waals surface area contributed by atoms with Crippen LogP contribution in [0.5, 0.6) is 0 Å². The molecule has 2 fully saturated rings. The highest BCUT2D eigenvalue weighted by Gasteiger charge is 2.33. The summed E-state index contributed by atoms with van der Waals surface area (Å²) >= 11 is 0. The van der Waals surface area contributed by atoms with E-state index in [4.69, 9.17) is 4.74 Å². The van der Waals surface area contributed by atoms with Crippen molar-refractivity contribution in [2.45, 2.75) is 110 Å². The molecule has 3 heterocycles. The minimum atomic E-state index is 0.00232. The minimum Gasteiger partial charge on any atom is -0.376 e. The quantitative estimate of drug-likeness (QED) is 0.453. The Morgan fingerprint density at radius 2 is 1.97 bits per heavy atom. The highest BCUT2D eigenvalue weighted by molar-refractivity contribution is 5.83. The fraction of sp³-hybridized carbons (Fsp3) is 0.643. The van der Waals surface area contributed by atoms with Gasteiger partial charge < -0.3 is 9.72 Å². The fourth-order valence-electron chi connectivity index (χ4n) is 6.21. The maximum absolute atomic E-state index is 13.3. The van der Waals surface area contributed by atoms with Gasteiger partial charge >= 0.3 is 0 Å². The monoisotopic (exact) mass is 492 g/mol. The third kappa shape index (κ3) is 5.39. The molecule has 3 aromatic rings. The molecule has 194 valence electrons. The molecule has 8 nitrogen and oxygen atoms in total. The standard InChI is InChI=1S/C28H40N6O2/c1-4-9-26(27-30-31-32-34(27)18-23-12-8-13-36-23)33(22-10-6-5-7-11-22)17-21-16-24-20(3)14-19(2)15-25(24)29-28(21)35/h14-16,22-23,26H,4-13,17-18H2,1-3H3,(H,29,35)/t23-,26+/m0/s1. The molecule has 8 heteroatoms. The molecule has 1 saturated heterocycles. The van der Waals surface area contributed by atoms with Gasteiger partial charge in [0.25, 0.3) is 5.56 Å². The van der Waals surface area contributed by atoms with Crippen LogP contribution in [0.1, 0.15) is 93.3 Å². The van der Waals surface area contributed by atoms with E-state index in [9.17, 15) is 4.79 Å². The van der Waals surface area contributed by atoms with E-state index >= 15 is 0 Å². The maximum atomic E-state index is 13.3. The number of ether oxygens (including phenoxy) is 1. The van der Waals surface area contributed by atoms with Crippen molar-refractivity contribution in [3.05, 3.63) is 51.1 Å². The zero-order chi connectivity index (χ0) is 25.1. The highest BCUT2D eigenvalue weighted by atomic mass is 16.5. The molecule has 0 bridgehead atoms. The minimum absolute atomic E-state index is 0.00232. The molecule has 0 radical (unpaired) electrons. The second kappa shape index (κ2) is 11.2.